The molecule has 5 heteroatoms. The Hall–Kier alpha value is -0.350. The summed E-state index contributed by atoms with van der Waals surface area (Å²) in [5.74, 6) is 0.718. The van der Waals surface area contributed by atoms with Crippen molar-refractivity contribution in [2.45, 2.75) is 32.1 Å². The van der Waals surface area contributed by atoms with Crippen LogP contribution in [0.2, 0.25) is 0 Å². The van der Waals surface area contributed by atoms with Crippen LogP contribution in [0.25, 0.3) is 0 Å². The lowest BCUT2D eigenvalue weighted by Crippen LogP contribution is -2.23. The number of hydrogen-bond acceptors (Lipinski definition) is 2. The van der Waals surface area contributed by atoms with Crippen LogP contribution in [-0.4, -0.2) is 9.97 Å². The smallest absolute Gasteiger partial charge is 0.265 e. The third kappa shape index (κ3) is 2.36. The SMILES string of the molecule is CC(C)(C)c1nc(CCl)[nH]c(=O)c1Br. The lowest BCUT2D eigenvalue weighted by Gasteiger charge is -2.19. The van der Waals surface area contributed by atoms with E-state index in [4.69, 9.17) is 11.6 Å². The molecule has 0 fully saturated rings. The summed E-state index contributed by atoms with van der Waals surface area (Å²) < 4.78 is 0.485. The Morgan fingerprint density at radius 3 is 2.50 bits per heavy atom. The van der Waals surface area contributed by atoms with Crippen molar-refractivity contribution in [3.8, 4) is 0 Å². The molecule has 0 aliphatic carbocycles. The molecule has 0 aromatic carbocycles. The molecule has 0 saturated carbocycles. The maximum absolute atomic E-state index is 11.5. The number of nitrogens with one attached hydrogen (secondary N) is 1. The number of rotatable bonds is 1. The average molecular weight is 280 g/mol. The minimum absolute atomic E-state index is 0.173. The fraction of sp³-hybridized carbons (Fsp3) is 0.556. The number of aromatic amines is 1. The zero-order chi connectivity index (χ0) is 10.9. The van der Waals surface area contributed by atoms with Crippen LogP contribution in [0.3, 0.4) is 0 Å². The topological polar surface area (TPSA) is 45.8 Å². The van der Waals surface area contributed by atoms with E-state index in [1.165, 1.54) is 0 Å². The normalized spacial score (nSPS) is 11.8. The molecular formula is C9H12BrClN2O. The summed E-state index contributed by atoms with van der Waals surface area (Å²) in [5, 5.41) is 0. The van der Waals surface area contributed by atoms with Gasteiger partial charge < -0.3 is 4.98 Å². The largest absolute Gasteiger partial charge is 0.309 e. The van der Waals surface area contributed by atoms with E-state index in [-0.39, 0.29) is 16.9 Å². The Labute approximate surface area is 96.0 Å². The van der Waals surface area contributed by atoms with Gasteiger partial charge in [-0.15, -0.1) is 11.6 Å². The van der Waals surface area contributed by atoms with Crippen molar-refractivity contribution in [2.24, 2.45) is 0 Å². The summed E-state index contributed by atoms with van der Waals surface area (Å²) in [5.41, 5.74) is 0.381. The second kappa shape index (κ2) is 4.03. The van der Waals surface area contributed by atoms with Gasteiger partial charge in [-0.1, -0.05) is 20.8 Å². The van der Waals surface area contributed by atoms with Crippen molar-refractivity contribution < 1.29 is 0 Å². The standard InChI is InChI=1S/C9H12BrClN2O/c1-9(2,3)7-6(10)8(14)13-5(4-11)12-7/h4H2,1-3H3,(H,12,13,14). The fourth-order valence-electron chi connectivity index (χ4n) is 1.07. The highest BCUT2D eigenvalue weighted by Gasteiger charge is 2.21. The van der Waals surface area contributed by atoms with Gasteiger partial charge in [0.15, 0.2) is 0 Å². The van der Waals surface area contributed by atoms with E-state index in [9.17, 15) is 4.79 Å². The van der Waals surface area contributed by atoms with Crippen LogP contribution in [-0.2, 0) is 11.3 Å². The molecule has 1 heterocycles. The zero-order valence-corrected chi connectivity index (χ0v) is 10.7. The first-order valence-corrected chi connectivity index (χ1v) is 5.54. The molecule has 0 atom stereocenters. The van der Waals surface area contributed by atoms with Crippen molar-refractivity contribution in [2.75, 3.05) is 0 Å². The molecule has 3 nitrogen and oxygen atoms in total. The van der Waals surface area contributed by atoms with Gasteiger partial charge in [-0.2, -0.15) is 0 Å². The van der Waals surface area contributed by atoms with Gasteiger partial charge in [0.25, 0.3) is 5.56 Å². The number of alkyl halides is 1. The van der Waals surface area contributed by atoms with Gasteiger partial charge >= 0.3 is 0 Å². The lowest BCUT2D eigenvalue weighted by molar-refractivity contribution is 0.558. The molecule has 0 radical (unpaired) electrons. The molecule has 14 heavy (non-hydrogen) atoms. The summed E-state index contributed by atoms with van der Waals surface area (Å²) >= 11 is 8.86. The molecule has 0 bridgehead atoms. The van der Waals surface area contributed by atoms with Crippen molar-refractivity contribution >= 4 is 27.5 Å². The predicted octanol–water partition coefficient (Wildman–Crippen LogP) is 2.57. The number of H-pyrrole nitrogens is 1. The van der Waals surface area contributed by atoms with Crippen molar-refractivity contribution in [1.29, 1.82) is 0 Å². The van der Waals surface area contributed by atoms with Gasteiger partial charge in [0.2, 0.25) is 0 Å². The molecule has 0 unspecified atom stereocenters. The second-order valence-electron chi connectivity index (χ2n) is 4.06. The Bertz CT molecular complexity index is 395. The Morgan fingerprint density at radius 1 is 1.50 bits per heavy atom. The minimum Gasteiger partial charge on any atom is -0.309 e. The Morgan fingerprint density at radius 2 is 2.07 bits per heavy atom. The van der Waals surface area contributed by atoms with Crippen molar-refractivity contribution in [3.05, 3.63) is 26.3 Å². The van der Waals surface area contributed by atoms with Crippen LogP contribution < -0.4 is 5.56 Å². The van der Waals surface area contributed by atoms with Gasteiger partial charge in [0.05, 0.1) is 11.6 Å². The molecule has 0 aliphatic rings. The molecule has 1 N–H and O–H groups in total. The summed E-state index contributed by atoms with van der Waals surface area (Å²) in [6.07, 6.45) is 0. The predicted molar refractivity (Wildman–Crippen MR) is 60.8 cm³/mol. The first-order chi connectivity index (χ1) is 6.36. The molecule has 78 valence electrons. The molecule has 0 saturated heterocycles. The van der Waals surface area contributed by atoms with Crippen LogP contribution in [0.1, 0.15) is 32.3 Å². The highest BCUT2D eigenvalue weighted by Crippen LogP contribution is 2.25. The minimum atomic E-state index is -0.180. The van der Waals surface area contributed by atoms with E-state index in [1.807, 2.05) is 20.8 Å². The van der Waals surface area contributed by atoms with Crippen LogP contribution in [0, 0.1) is 0 Å². The monoisotopic (exact) mass is 278 g/mol. The maximum Gasteiger partial charge on any atom is 0.265 e. The van der Waals surface area contributed by atoms with E-state index in [0.29, 0.717) is 10.3 Å². The highest BCUT2D eigenvalue weighted by atomic mass is 79.9. The zero-order valence-electron chi connectivity index (χ0n) is 8.32. The summed E-state index contributed by atoms with van der Waals surface area (Å²) in [6.45, 7) is 5.99. The number of halogens is 2. The quantitative estimate of drug-likeness (QED) is 0.803. The van der Waals surface area contributed by atoms with Gasteiger partial charge in [0, 0.05) is 5.41 Å². The molecule has 0 spiro atoms. The third-order valence-corrected chi connectivity index (χ3v) is 2.74. The first kappa shape index (κ1) is 11.7. The molecule has 1 aromatic rings. The van der Waals surface area contributed by atoms with Crippen molar-refractivity contribution in [1.82, 2.24) is 9.97 Å². The lowest BCUT2D eigenvalue weighted by atomic mass is 9.92. The van der Waals surface area contributed by atoms with E-state index in [2.05, 4.69) is 25.9 Å². The average Bonchev–Trinajstić information content (AvgIpc) is 2.07. The van der Waals surface area contributed by atoms with E-state index in [0.717, 1.165) is 5.69 Å². The highest BCUT2D eigenvalue weighted by molar-refractivity contribution is 9.10. The van der Waals surface area contributed by atoms with E-state index in [1.54, 1.807) is 0 Å². The summed E-state index contributed by atoms with van der Waals surface area (Å²) in [4.78, 5) is 18.3. The van der Waals surface area contributed by atoms with Crippen molar-refractivity contribution in [3.63, 3.8) is 0 Å². The van der Waals surface area contributed by atoms with Crippen LogP contribution in [0.4, 0.5) is 0 Å². The third-order valence-electron chi connectivity index (χ3n) is 1.75. The summed E-state index contributed by atoms with van der Waals surface area (Å²) in [6, 6.07) is 0. The van der Waals surface area contributed by atoms with Crippen LogP contribution in [0.5, 0.6) is 0 Å². The molecular weight excluding hydrogens is 267 g/mol. The van der Waals surface area contributed by atoms with Gasteiger partial charge in [0.1, 0.15) is 10.3 Å². The number of aromatic nitrogens is 2. The van der Waals surface area contributed by atoms with Crippen LogP contribution >= 0.6 is 27.5 Å². The van der Waals surface area contributed by atoms with Gasteiger partial charge in [-0.05, 0) is 15.9 Å². The molecule has 0 amide bonds. The molecule has 0 aliphatic heterocycles. The van der Waals surface area contributed by atoms with E-state index >= 15 is 0 Å². The number of hydrogen-bond donors (Lipinski definition) is 1. The van der Waals surface area contributed by atoms with Gasteiger partial charge in [-0.25, -0.2) is 4.98 Å². The first-order valence-electron chi connectivity index (χ1n) is 4.21. The Balaban J connectivity index is 3.43. The van der Waals surface area contributed by atoms with Gasteiger partial charge in [-0.3, -0.25) is 4.79 Å². The number of nitrogens with zero attached hydrogens (tertiary/aromatic N) is 1. The second-order valence-corrected chi connectivity index (χ2v) is 5.12. The molecule has 1 rings (SSSR count). The maximum atomic E-state index is 11.5. The molecule has 1 aromatic heterocycles. The van der Waals surface area contributed by atoms with E-state index < -0.39 is 0 Å². The van der Waals surface area contributed by atoms with Crippen LogP contribution in [0.15, 0.2) is 9.27 Å². The Kier molecular flexibility index (Phi) is 3.37. The fourth-order valence-corrected chi connectivity index (χ4v) is 1.97. The summed E-state index contributed by atoms with van der Waals surface area (Å²) in [7, 11) is 0.